The summed E-state index contributed by atoms with van der Waals surface area (Å²) in [5.74, 6) is 0.951. The van der Waals surface area contributed by atoms with Crippen LogP contribution in [0.2, 0.25) is 5.02 Å². The van der Waals surface area contributed by atoms with E-state index in [0.717, 1.165) is 27.6 Å². The summed E-state index contributed by atoms with van der Waals surface area (Å²) in [6, 6.07) is 7.68. The number of rotatable bonds is 1. The van der Waals surface area contributed by atoms with E-state index in [1.807, 2.05) is 48.0 Å². The van der Waals surface area contributed by atoms with Crippen molar-refractivity contribution >= 4 is 17.1 Å². The summed E-state index contributed by atoms with van der Waals surface area (Å²) < 4.78 is 2.02. The van der Waals surface area contributed by atoms with Crippen molar-refractivity contribution in [2.24, 2.45) is 0 Å². The average molecular weight is 244 g/mol. The molecule has 4 heteroatoms. The van der Waals surface area contributed by atoms with Crippen LogP contribution in [0.1, 0.15) is 5.82 Å². The fourth-order valence-electron chi connectivity index (χ4n) is 1.91. The van der Waals surface area contributed by atoms with Crippen molar-refractivity contribution in [3.8, 4) is 11.3 Å². The molecular weight excluding hydrogens is 234 g/mol. The van der Waals surface area contributed by atoms with Gasteiger partial charge in [-0.1, -0.05) is 23.7 Å². The third kappa shape index (κ3) is 1.68. The standard InChI is InChI=1S/C13H10ClN3/c1-9-16-13(10-2-4-11(14)5-3-10)12-8-15-6-7-17(9)12/h2-8H,1H3. The van der Waals surface area contributed by atoms with Crippen LogP contribution in [0.4, 0.5) is 0 Å². The summed E-state index contributed by atoms with van der Waals surface area (Å²) in [6.45, 7) is 1.98. The van der Waals surface area contributed by atoms with Crippen LogP contribution >= 0.6 is 11.6 Å². The predicted molar refractivity (Wildman–Crippen MR) is 68.2 cm³/mol. The number of aryl methyl sites for hydroxylation is 1. The molecule has 3 rings (SSSR count). The zero-order valence-corrected chi connectivity index (χ0v) is 10.0. The molecule has 0 N–H and O–H groups in total. The van der Waals surface area contributed by atoms with Crippen LogP contribution in [0.25, 0.3) is 16.8 Å². The zero-order valence-electron chi connectivity index (χ0n) is 9.26. The molecule has 0 amide bonds. The lowest BCUT2D eigenvalue weighted by Gasteiger charge is -1.98. The molecule has 2 heterocycles. The van der Waals surface area contributed by atoms with Gasteiger partial charge in [0.25, 0.3) is 0 Å². The van der Waals surface area contributed by atoms with Gasteiger partial charge in [-0.15, -0.1) is 0 Å². The molecule has 0 unspecified atom stereocenters. The summed E-state index contributed by atoms with van der Waals surface area (Å²) in [5, 5.41) is 0.729. The van der Waals surface area contributed by atoms with Gasteiger partial charge in [-0.05, 0) is 19.1 Å². The molecule has 3 nitrogen and oxygen atoms in total. The summed E-state index contributed by atoms with van der Waals surface area (Å²) in [5.41, 5.74) is 2.99. The lowest BCUT2D eigenvalue weighted by molar-refractivity contribution is 1.03. The fraction of sp³-hybridized carbons (Fsp3) is 0.0769. The number of halogens is 1. The maximum Gasteiger partial charge on any atom is 0.110 e. The third-order valence-electron chi connectivity index (χ3n) is 2.74. The Morgan fingerprint density at radius 2 is 1.94 bits per heavy atom. The minimum absolute atomic E-state index is 0.729. The van der Waals surface area contributed by atoms with Crippen LogP contribution in [0.3, 0.4) is 0 Å². The minimum Gasteiger partial charge on any atom is -0.300 e. The SMILES string of the molecule is Cc1nc(-c2ccc(Cl)cc2)c2cnccn12. The topological polar surface area (TPSA) is 30.2 Å². The van der Waals surface area contributed by atoms with Gasteiger partial charge >= 0.3 is 0 Å². The first-order valence-corrected chi connectivity index (χ1v) is 5.68. The Balaban J connectivity index is 2.27. The second kappa shape index (κ2) is 3.86. The first-order valence-electron chi connectivity index (χ1n) is 5.30. The summed E-state index contributed by atoms with van der Waals surface area (Å²) in [4.78, 5) is 8.71. The molecule has 0 aliphatic carbocycles. The van der Waals surface area contributed by atoms with E-state index in [1.54, 1.807) is 6.20 Å². The third-order valence-corrected chi connectivity index (χ3v) is 2.99. The molecule has 1 aromatic carbocycles. The molecular formula is C13H10ClN3. The summed E-state index contributed by atoms with van der Waals surface area (Å²) >= 11 is 5.88. The number of hydrogen-bond acceptors (Lipinski definition) is 2. The molecule has 0 atom stereocenters. The zero-order chi connectivity index (χ0) is 11.8. The monoisotopic (exact) mass is 243 g/mol. The van der Waals surface area contributed by atoms with Gasteiger partial charge in [0.2, 0.25) is 0 Å². The lowest BCUT2D eigenvalue weighted by atomic mass is 10.1. The van der Waals surface area contributed by atoms with Gasteiger partial charge in [-0.3, -0.25) is 4.98 Å². The van der Waals surface area contributed by atoms with E-state index < -0.39 is 0 Å². The highest BCUT2D eigenvalue weighted by Gasteiger charge is 2.09. The van der Waals surface area contributed by atoms with Crippen LogP contribution < -0.4 is 0 Å². The van der Waals surface area contributed by atoms with Gasteiger partial charge in [0.1, 0.15) is 5.82 Å². The normalized spacial score (nSPS) is 10.9. The smallest absolute Gasteiger partial charge is 0.110 e. The molecule has 3 aromatic rings. The van der Waals surface area contributed by atoms with Gasteiger partial charge < -0.3 is 4.40 Å². The first kappa shape index (κ1) is 10.3. The number of fused-ring (bicyclic) bond motifs is 1. The maximum atomic E-state index is 5.88. The van der Waals surface area contributed by atoms with Crippen LogP contribution in [-0.4, -0.2) is 14.4 Å². The molecule has 0 spiro atoms. The number of nitrogens with zero attached hydrogens (tertiary/aromatic N) is 3. The second-order valence-corrected chi connectivity index (χ2v) is 4.28. The van der Waals surface area contributed by atoms with Crippen molar-refractivity contribution in [3.05, 3.63) is 53.7 Å². The minimum atomic E-state index is 0.729. The van der Waals surface area contributed by atoms with E-state index in [0.29, 0.717) is 0 Å². The quantitative estimate of drug-likeness (QED) is 0.656. The van der Waals surface area contributed by atoms with Crippen molar-refractivity contribution in [2.75, 3.05) is 0 Å². The maximum absolute atomic E-state index is 5.88. The molecule has 0 fully saturated rings. The molecule has 0 aliphatic heterocycles. The van der Waals surface area contributed by atoms with Crippen molar-refractivity contribution < 1.29 is 0 Å². The Labute approximate surface area is 104 Å². The van der Waals surface area contributed by atoms with Gasteiger partial charge in [0, 0.05) is 23.0 Å². The summed E-state index contributed by atoms with van der Waals surface area (Å²) in [6.07, 6.45) is 5.49. The molecule has 2 aromatic heterocycles. The number of hydrogen-bond donors (Lipinski definition) is 0. The Morgan fingerprint density at radius 3 is 2.71 bits per heavy atom. The lowest BCUT2D eigenvalue weighted by Crippen LogP contribution is -1.86. The molecule has 17 heavy (non-hydrogen) atoms. The van der Waals surface area contributed by atoms with Crippen molar-refractivity contribution in [1.29, 1.82) is 0 Å². The van der Waals surface area contributed by atoms with E-state index in [2.05, 4.69) is 9.97 Å². The highest BCUT2D eigenvalue weighted by atomic mass is 35.5. The van der Waals surface area contributed by atoms with E-state index in [1.165, 1.54) is 0 Å². The van der Waals surface area contributed by atoms with Crippen LogP contribution in [0, 0.1) is 6.92 Å². The Bertz CT molecular complexity index is 671. The fourth-order valence-corrected chi connectivity index (χ4v) is 2.04. The highest BCUT2D eigenvalue weighted by Crippen LogP contribution is 2.25. The predicted octanol–water partition coefficient (Wildman–Crippen LogP) is 3.36. The first-order chi connectivity index (χ1) is 8.25. The van der Waals surface area contributed by atoms with Crippen LogP contribution in [0.15, 0.2) is 42.9 Å². The Morgan fingerprint density at radius 1 is 1.18 bits per heavy atom. The van der Waals surface area contributed by atoms with Crippen LogP contribution in [-0.2, 0) is 0 Å². The van der Waals surface area contributed by atoms with Gasteiger partial charge in [0.05, 0.1) is 17.4 Å². The Kier molecular flexibility index (Phi) is 2.34. The van der Waals surface area contributed by atoms with Gasteiger partial charge in [0.15, 0.2) is 0 Å². The number of imidazole rings is 1. The molecule has 0 saturated carbocycles. The van der Waals surface area contributed by atoms with Crippen LogP contribution in [0.5, 0.6) is 0 Å². The van der Waals surface area contributed by atoms with E-state index in [4.69, 9.17) is 11.6 Å². The van der Waals surface area contributed by atoms with Gasteiger partial charge in [-0.25, -0.2) is 4.98 Å². The van der Waals surface area contributed by atoms with E-state index in [9.17, 15) is 0 Å². The average Bonchev–Trinajstić information content (AvgIpc) is 2.69. The van der Waals surface area contributed by atoms with Crippen molar-refractivity contribution in [3.63, 3.8) is 0 Å². The van der Waals surface area contributed by atoms with Gasteiger partial charge in [-0.2, -0.15) is 0 Å². The second-order valence-electron chi connectivity index (χ2n) is 3.85. The molecule has 0 saturated heterocycles. The number of aromatic nitrogens is 3. The highest BCUT2D eigenvalue weighted by molar-refractivity contribution is 6.30. The largest absolute Gasteiger partial charge is 0.300 e. The number of benzene rings is 1. The summed E-state index contributed by atoms with van der Waals surface area (Å²) in [7, 11) is 0. The van der Waals surface area contributed by atoms with Crippen molar-refractivity contribution in [1.82, 2.24) is 14.4 Å². The van der Waals surface area contributed by atoms with Crippen molar-refractivity contribution in [2.45, 2.75) is 6.92 Å². The molecule has 84 valence electrons. The van der Waals surface area contributed by atoms with E-state index in [-0.39, 0.29) is 0 Å². The molecule has 0 aliphatic rings. The molecule has 0 radical (unpaired) electrons. The Hall–Kier alpha value is -1.87. The van der Waals surface area contributed by atoms with E-state index >= 15 is 0 Å². The molecule has 0 bridgehead atoms.